The van der Waals surface area contributed by atoms with E-state index in [1.54, 1.807) is 0 Å². The highest BCUT2D eigenvalue weighted by Crippen LogP contribution is 2.37. The molecule has 6 heteroatoms. The summed E-state index contributed by atoms with van der Waals surface area (Å²) in [6.07, 6.45) is -2.84. The topological polar surface area (TPSA) is 90.2 Å². The quantitative estimate of drug-likeness (QED) is 0.498. The molecule has 0 aromatic carbocycles. The Hall–Kier alpha value is -0.110. The van der Waals surface area contributed by atoms with Crippen molar-refractivity contribution in [1.82, 2.24) is 0 Å². The van der Waals surface area contributed by atoms with Gasteiger partial charge in [0.25, 0.3) is 0 Å². The standard InChI is InChI=1S/C12H24O5S/c1-4-5-6-18(2,3)12-11(16)10(15)9(14)8(7-13)17-12/h8-16H,2-7H2,1H3. The average molecular weight is 280 g/mol. The average Bonchev–Trinajstić information content (AvgIpc) is 2.33. The van der Waals surface area contributed by atoms with Crippen LogP contribution in [0.5, 0.6) is 0 Å². The van der Waals surface area contributed by atoms with Gasteiger partial charge in [0.05, 0.1) is 6.61 Å². The third-order valence-corrected chi connectivity index (χ3v) is 5.72. The van der Waals surface area contributed by atoms with Crippen molar-refractivity contribution >= 4 is 20.9 Å². The molecule has 0 saturated carbocycles. The molecule has 1 aliphatic heterocycles. The van der Waals surface area contributed by atoms with Crippen molar-refractivity contribution in [3.8, 4) is 0 Å². The summed E-state index contributed by atoms with van der Waals surface area (Å²) in [4.78, 5) is 0. The molecule has 5 atom stereocenters. The Morgan fingerprint density at radius 2 is 1.72 bits per heavy atom. The van der Waals surface area contributed by atoms with Gasteiger partial charge in [-0.3, -0.25) is 0 Å². The summed E-state index contributed by atoms with van der Waals surface area (Å²) < 4.78 is 5.49. The first kappa shape index (κ1) is 15.9. The first-order valence-corrected chi connectivity index (χ1v) is 8.32. The van der Waals surface area contributed by atoms with Crippen LogP contribution >= 0.6 is 9.21 Å². The Morgan fingerprint density at radius 3 is 2.22 bits per heavy atom. The Labute approximate surface area is 109 Å². The van der Waals surface area contributed by atoms with Crippen LogP contribution < -0.4 is 0 Å². The number of hydrogen-bond donors (Lipinski definition) is 4. The molecule has 0 radical (unpaired) electrons. The van der Waals surface area contributed by atoms with Crippen molar-refractivity contribution in [3.63, 3.8) is 0 Å². The third-order valence-electron chi connectivity index (χ3n) is 3.25. The lowest BCUT2D eigenvalue weighted by atomic mass is 10.0. The van der Waals surface area contributed by atoms with E-state index in [9.17, 15) is 15.3 Å². The summed E-state index contributed by atoms with van der Waals surface area (Å²) in [7, 11) is -1.75. The normalized spacial score (nSPS) is 37.7. The van der Waals surface area contributed by atoms with E-state index < -0.39 is 45.7 Å². The molecule has 0 spiro atoms. The van der Waals surface area contributed by atoms with Gasteiger partial charge in [-0.25, -0.2) is 0 Å². The molecule has 18 heavy (non-hydrogen) atoms. The molecule has 1 fully saturated rings. The van der Waals surface area contributed by atoms with Crippen molar-refractivity contribution in [1.29, 1.82) is 0 Å². The molecule has 0 aromatic heterocycles. The third kappa shape index (κ3) is 3.26. The second kappa shape index (κ2) is 6.36. The minimum Gasteiger partial charge on any atom is -0.394 e. The summed E-state index contributed by atoms with van der Waals surface area (Å²) in [6.45, 7) is 1.63. The van der Waals surface area contributed by atoms with Crippen LogP contribution in [0, 0.1) is 0 Å². The monoisotopic (exact) mass is 280 g/mol. The van der Waals surface area contributed by atoms with E-state index in [0.29, 0.717) is 5.75 Å². The second-order valence-corrected chi connectivity index (χ2v) is 7.96. The first-order valence-electron chi connectivity index (χ1n) is 6.11. The predicted octanol–water partition coefficient (Wildman–Crippen LogP) is -0.745. The van der Waals surface area contributed by atoms with E-state index >= 15 is 0 Å². The van der Waals surface area contributed by atoms with Crippen molar-refractivity contribution in [2.75, 3.05) is 12.4 Å². The molecule has 0 aliphatic carbocycles. The zero-order valence-electron chi connectivity index (χ0n) is 10.7. The van der Waals surface area contributed by atoms with E-state index in [0.717, 1.165) is 12.8 Å². The van der Waals surface area contributed by atoms with Crippen LogP contribution in [0.3, 0.4) is 0 Å². The molecule has 1 saturated heterocycles. The van der Waals surface area contributed by atoms with Crippen molar-refractivity contribution in [3.05, 3.63) is 0 Å². The van der Waals surface area contributed by atoms with Gasteiger partial charge in [-0.05, 0) is 12.2 Å². The Bertz CT molecular complexity index is 351. The fourth-order valence-corrected chi connectivity index (χ4v) is 4.26. The molecule has 1 rings (SSSR count). The molecule has 1 heterocycles. The lowest BCUT2D eigenvalue weighted by Gasteiger charge is -2.43. The van der Waals surface area contributed by atoms with Crippen LogP contribution in [-0.4, -0.2) is 74.4 Å². The largest absolute Gasteiger partial charge is 0.394 e. The molecule has 4 N–H and O–H groups in total. The maximum Gasteiger partial charge on any atom is 0.122 e. The van der Waals surface area contributed by atoms with E-state index in [2.05, 4.69) is 11.7 Å². The molecule has 5 unspecified atom stereocenters. The summed E-state index contributed by atoms with van der Waals surface area (Å²) in [6, 6.07) is 0. The van der Waals surface area contributed by atoms with E-state index in [1.807, 2.05) is 6.92 Å². The van der Waals surface area contributed by atoms with Crippen molar-refractivity contribution in [2.24, 2.45) is 0 Å². The van der Waals surface area contributed by atoms with Gasteiger partial charge in [0.1, 0.15) is 29.9 Å². The van der Waals surface area contributed by atoms with Crippen molar-refractivity contribution < 1.29 is 25.2 Å². The molecule has 0 amide bonds. The number of ether oxygens (including phenoxy) is 1. The van der Waals surface area contributed by atoms with Crippen molar-refractivity contribution in [2.45, 2.75) is 49.6 Å². The Balaban J connectivity index is 2.87. The van der Waals surface area contributed by atoms with Gasteiger partial charge in [0, 0.05) is 0 Å². The summed E-state index contributed by atoms with van der Waals surface area (Å²) in [5.74, 6) is 8.76. The van der Waals surface area contributed by atoms with Crippen LogP contribution in [-0.2, 0) is 4.74 Å². The zero-order valence-corrected chi connectivity index (χ0v) is 11.6. The SMILES string of the molecule is C=S(=C)(CCCC)C1OC(CO)C(O)C(O)C1O. The van der Waals surface area contributed by atoms with Gasteiger partial charge in [0.15, 0.2) is 0 Å². The number of hydrogen-bond acceptors (Lipinski definition) is 5. The molecule has 108 valence electrons. The molecule has 0 bridgehead atoms. The van der Waals surface area contributed by atoms with E-state index in [4.69, 9.17) is 9.84 Å². The van der Waals surface area contributed by atoms with Gasteiger partial charge >= 0.3 is 0 Å². The number of aliphatic hydroxyl groups excluding tert-OH is 4. The Kier molecular flexibility index (Phi) is 5.64. The van der Waals surface area contributed by atoms with Crippen LogP contribution in [0.1, 0.15) is 19.8 Å². The summed E-state index contributed by atoms with van der Waals surface area (Å²) in [5, 5.41) is 38.5. The highest BCUT2D eigenvalue weighted by atomic mass is 32.2. The number of aliphatic hydroxyl groups is 4. The Morgan fingerprint density at radius 1 is 1.11 bits per heavy atom. The predicted molar refractivity (Wildman–Crippen MR) is 75.4 cm³/mol. The maximum absolute atomic E-state index is 9.98. The van der Waals surface area contributed by atoms with Gasteiger partial charge in [-0.15, -0.1) is 0 Å². The van der Waals surface area contributed by atoms with E-state index in [1.165, 1.54) is 0 Å². The van der Waals surface area contributed by atoms with Gasteiger partial charge < -0.3 is 25.2 Å². The highest BCUT2D eigenvalue weighted by Gasteiger charge is 2.44. The zero-order chi connectivity index (χ0) is 13.9. The minimum absolute atomic E-state index is 0.412. The van der Waals surface area contributed by atoms with Crippen LogP contribution in [0.25, 0.3) is 0 Å². The lowest BCUT2D eigenvalue weighted by Crippen LogP contribution is -2.58. The van der Waals surface area contributed by atoms with E-state index in [-0.39, 0.29) is 0 Å². The maximum atomic E-state index is 9.98. The summed E-state index contributed by atoms with van der Waals surface area (Å²) >= 11 is 0. The lowest BCUT2D eigenvalue weighted by molar-refractivity contribution is -0.205. The molecule has 5 nitrogen and oxygen atoms in total. The molecule has 0 aromatic rings. The van der Waals surface area contributed by atoms with Crippen LogP contribution in [0.2, 0.25) is 0 Å². The van der Waals surface area contributed by atoms with Gasteiger partial charge in [0.2, 0.25) is 0 Å². The second-order valence-electron chi connectivity index (χ2n) is 4.87. The molecular weight excluding hydrogens is 256 g/mol. The number of rotatable bonds is 5. The molecule has 1 aliphatic rings. The summed E-state index contributed by atoms with van der Waals surface area (Å²) in [5.41, 5.74) is -0.723. The first-order chi connectivity index (χ1) is 8.35. The van der Waals surface area contributed by atoms with Crippen LogP contribution in [0.15, 0.2) is 0 Å². The van der Waals surface area contributed by atoms with Gasteiger partial charge in [-0.1, -0.05) is 25.1 Å². The van der Waals surface area contributed by atoms with Crippen LogP contribution in [0.4, 0.5) is 0 Å². The van der Waals surface area contributed by atoms with Gasteiger partial charge in [-0.2, -0.15) is 9.21 Å². The molecular formula is C12H24O5S. The fourth-order valence-electron chi connectivity index (χ4n) is 2.03. The minimum atomic E-state index is -1.75. The highest BCUT2D eigenvalue weighted by molar-refractivity contribution is 8.28. The fraction of sp³-hybridized carbons (Fsp3) is 0.833. The smallest absolute Gasteiger partial charge is 0.122 e. The number of unbranched alkanes of at least 4 members (excludes halogenated alkanes) is 1.